The molecule has 3 aromatic rings. The van der Waals surface area contributed by atoms with Crippen molar-refractivity contribution in [3.8, 4) is 17.2 Å². The third kappa shape index (κ3) is 2.05. The summed E-state index contributed by atoms with van der Waals surface area (Å²) in [6.07, 6.45) is 3.17. The van der Waals surface area contributed by atoms with Gasteiger partial charge >= 0.3 is 0 Å². The van der Waals surface area contributed by atoms with Gasteiger partial charge in [0.2, 0.25) is 0 Å². The second-order valence-electron chi connectivity index (χ2n) is 4.22. The molecule has 1 heterocycles. The molecular formula is C16H9ClN2. The Kier molecular flexibility index (Phi) is 2.91. The highest BCUT2D eigenvalue weighted by atomic mass is 35.5. The van der Waals surface area contributed by atoms with Crippen LogP contribution >= 0.6 is 11.6 Å². The molecule has 3 rings (SSSR count). The lowest BCUT2D eigenvalue weighted by atomic mass is 9.99. The lowest BCUT2D eigenvalue weighted by Crippen LogP contribution is -1.88. The number of benzene rings is 2. The van der Waals surface area contributed by atoms with Crippen LogP contribution in [0.25, 0.3) is 21.9 Å². The molecule has 0 saturated carbocycles. The van der Waals surface area contributed by atoms with Gasteiger partial charge in [-0.2, -0.15) is 5.26 Å². The molecule has 0 fully saturated rings. The molecule has 0 spiro atoms. The van der Waals surface area contributed by atoms with E-state index in [0.717, 1.165) is 16.5 Å². The molecule has 0 radical (unpaired) electrons. The third-order valence-corrected chi connectivity index (χ3v) is 3.36. The summed E-state index contributed by atoms with van der Waals surface area (Å²) in [5, 5.41) is 11.9. The van der Waals surface area contributed by atoms with Crippen molar-refractivity contribution in [2.75, 3.05) is 0 Å². The Morgan fingerprint density at radius 1 is 1.00 bits per heavy atom. The average Bonchev–Trinajstić information content (AvgIpc) is 2.46. The predicted molar refractivity (Wildman–Crippen MR) is 76.9 cm³/mol. The highest BCUT2D eigenvalue weighted by Gasteiger charge is 2.09. The van der Waals surface area contributed by atoms with Crippen LogP contribution in [0.15, 0.2) is 54.9 Å². The van der Waals surface area contributed by atoms with E-state index in [2.05, 4.69) is 17.1 Å². The molecule has 0 aliphatic heterocycles. The molecule has 19 heavy (non-hydrogen) atoms. The maximum absolute atomic E-state index is 9.21. The molecule has 0 saturated heterocycles. The summed E-state index contributed by atoms with van der Waals surface area (Å²) in [4.78, 5) is 4.07. The van der Waals surface area contributed by atoms with Gasteiger partial charge in [0.25, 0.3) is 0 Å². The van der Waals surface area contributed by atoms with E-state index in [-0.39, 0.29) is 0 Å². The molecule has 90 valence electrons. The molecule has 0 atom stereocenters. The first-order valence-electron chi connectivity index (χ1n) is 5.82. The largest absolute Gasteiger partial charge is 0.262 e. The van der Waals surface area contributed by atoms with E-state index in [1.165, 1.54) is 11.6 Å². The van der Waals surface area contributed by atoms with Crippen LogP contribution in [0.2, 0.25) is 5.02 Å². The zero-order valence-corrected chi connectivity index (χ0v) is 10.7. The minimum atomic E-state index is 0.383. The summed E-state index contributed by atoms with van der Waals surface area (Å²) >= 11 is 6.01. The number of halogens is 1. The topological polar surface area (TPSA) is 36.7 Å². The lowest BCUT2D eigenvalue weighted by Gasteiger charge is -2.06. The minimum Gasteiger partial charge on any atom is -0.262 e. The van der Waals surface area contributed by atoms with Gasteiger partial charge in [-0.15, -0.1) is 0 Å². The number of fused-ring (bicyclic) bond motifs is 1. The van der Waals surface area contributed by atoms with Gasteiger partial charge in [0.1, 0.15) is 6.07 Å². The fraction of sp³-hybridized carbons (Fsp3) is 0. The van der Waals surface area contributed by atoms with Crippen LogP contribution in [0.1, 0.15) is 5.56 Å². The van der Waals surface area contributed by atoms with Gasteiger partial charge in [-0.05, 0) is 22.4 Å². The monoisotopic (exact) mass is 264 g/mol. The average molecular weight is 265 g/mol. The Bertz CT molecular complexity index is 803. The first-order valence-corrected chi connectivity index (χ1v) is 6.20. The van der Waals surface area contributed by atoms with Gasteiger partial charge in [-0.25, -0.2) is 0 Å². The molecule has 2 nitrogen and oxygen atoms in total. The lowest BCUT2D eigenvalue weighted by molar-refractivity contribution is 1.31. The van der Waals surface area contributed by atoms with Crippen LogP contribution < -0.4 is 0 Å². The van der Waals surface area contributed by atoms with Crippen LogP contribution in [0.4, 0.5) is 0 Å². The maximum Gasteiger partial charge on any atom is 0.101 e. The van der Waals surface area contributed by atoms with Crippen LogP contribution in [0.3, 0.4) is 0 Å². The Hall–Kier alpha value is -2.37. The van der Waals surface area contributed by atoms with E-state index < -0.39 is 0 Å². The predicted octanol–water partition coefficient (Wildman–Crippen LogP) is 4.43. The van der Waals surface area contributed by atoms with Gasteiger partial charge < -0.3 is 0 Å². The van der Waals surface area contributed by atoms with E-state index in [4.69, 9.17) is 11.6 Å². The Morgan fingerprint density at radius 2 is 1.79 bits per heavy atom. The summed E-state index contributed by atoms with van der Waals surface area (Å²) in [6, 6.07) is 16.3. The molecule has 3 heteroatoms. The Balaban J connectivity index is 2.25. The molecule has 0 aliphatic carbocycles. The second-order valence-corrected chi connectivity index (χ2v) is 4.62. The zero-order valence-electron chi connectivity index (χ0n) is 9.97. The van der Waals surface area contributed by atoms with Crippen LogP contribution in [0, 0.1) is 11.3 Å². The van der Waals surface area contributed by atoms with E-state index in [9.17, 15) is 5.26 Å². The smallest absolute Gasteiger partial charge is 0.101 e. The van der Waals surface area contributed by atoms with Crippen LogP contribution in [-0.2, 0) is 0 Å². The van der Waals surface area contributed by atoms with E-state index in [1.54, 1.807) is 6.20 Å². The minimum absolute atomic E-state index is 0.383. The molecule has 0 bridgehead atoms. The summed E-state index contributed by atoms with van der Waals surface area (Å²) in [5.41, 5.74) is 2.18. The van der Waals surface area contributed by atoms with Crippen molar-refractivity contribution in [1.29, 1.82) is 5.26 Å². The standard InChI is InChI=1S/C16H9ClN2/c17-16-10-19-9-15(14(16)8-18)13-6-5-11-3-1-2-4-12(11)7-13/h1-7,9-10H. The highest BCUT2D eigenvalue weighted by Crippen LogP contribution is 2.29. The number of aromatic nitrogens is 1. The second kappa shape index (κ2) is 4.72. The van der Waals surface area contributed by atoms with Gasteiger partial charge in [0.05, 0.1) is 10.6 Å². The highest BCUT2D eigenvalue weighted by molar-refractivity contribution is 6.32. The van der Waals surface area contributed by atoms with Crippen molar-refractivity contribution in [2.45, 2.75) is 0 Å². The number of hydrogen-bond donors (Lipinski definition) is 0. The number of nitrogens with zero attached hydrogens (tertiary/aromatic N) is 2. The van der Waals surface area contributed by atoms with Gasteiger partial charge in [-0.3, -0.25) is 4.98 Å². The van der Waals surface area contributed by atoms with Crippen molar-refractivity contribution in [3.05, 3.63) is 65.4 Å². The fourth-order valence-corrected chi connectivity index (χ4v) is 2.32. The van der Waals surface area contributed by atoms with E-state index in [0.29, 0.717) is 10.6 Å². The SMILES string of the molecule is N#Cc1c(Cl)cncc1-c1ccc2ccccc2c1. The van der Waals surface area contributed by atoms with Gasteiger partial charge in [-0.1, -0.05) is 48.0 Å². The first-order chi connectivity index (χ1) is 9.29. The van der Waals surface area contributed by atoms with Crippen LogP contribution in [0.5, 0.6) is 0 Å². The quantitative estimate of drug-likeness (QED) is 0.652. The number of nitriles is 1. The molecule has 0 unspecified atom stereocenters. The maximum atomic E-state index is 9.21. The van der Waals surface area contributed by atoms with E-state index >= 15 is 0 Å². The first kappa shape index (κ1) is 11.7. The summed E-state index contributed by atoms with van der Waals surface area (Å²) in [5.74, 6) is 0. The Morgan fingerprint density at radius 3 is 2.58 bits per heavy atom. The zero-order chi connectivity index (χ0) is 13.2. The molecule has 0 N–H and O–H groups in total. The summed E-state index contributed by atoms with van der Waals surface area (Å²) < 4.78 is 0. The third-order valence-electron chi connectivity index (χ3n) is 3.07. The Labute approximate surface area is 115 Å². The van der Waals surface area contributed by atoms with Crippen molar-refractivity contribution < 1.29 is 0 Å². The van der Waals surface area contributed by atoms with Gasteiger partial charge in [0.15, 0.2) is 0 Å². The fourth-order valence-electron chi connectivity index (χ4n) is 2.12. The van der Waals surface area contributed by atoms with Crippen LogP contribution in [-0.4, -0.2) is 4.98 Å². The van der Waals surface area contributed by atoms with Crippen molar-refractivity contribution >= 4 is 22.4 Å². The summed E-state index contributed by atoms with van der Waals surface area (Å²) in [7, 11) is 0. The van der Waals surface area contributed by atoms with E-state index in [1.807, 2.05) is 36.4 Å². The number of rotatable bonds is 1. The van der Waals surface area contributed by atoms with Crippen molar-refractivity contribution in [2.24, 2.45) is 0 Å². The molecular weight excluding hydrogens is 256 g/mol. The van der Waals surface area contributed by atoms with Gasteiger partial charge in [0, 0.05) is 18.0 Å². The number of hydrogen-bond acceptors (Lipinski definition) is 2. The molecule has 0 amide bonds. The number of pyridine rings is 1. The molecule has 2 aromatic carbocycles. The normalized spacial score (nSPS) is 10.3. The van der Waals surface area contributed by atoms with Crippen molar-refractivity contribution in [3.63, 3.8) is 0 Å². The molecule has 0 aliphatic rings. The van der Waals surface area contributed by atoms with Crippen molar-refractivity contribution in [1.82, 2.24) is 4.98 Å². The summed E-state index contributed by atoms with van der Waals surface area (Å²) in [6.45, 7) is 0. The molecule has 1 aromatic heterocycles.